The van der Waals surface area contributed by atoms with E-state index in [9.17, 15) is 8.78 Å². The number of benzene rings is 2. The van der Waals surface area contributed by atoms with Gasteiger partial charge >= 0.3 is 6.61 Å². The largest absolute Gasteiger partial charge is 0.435 e. The van der Waals surface area contributed by atoms with E-state index in [2.05, 4.69) is 52.3 Å². The Balaban J connectivity index is 1.79. The Morgan fingerprint density at radius 2 is 1.92 bits per heavy atom. The van der Waals surface area contributed by atoms with Gasteiger partial charge in [0, 0.05) is 31.0 Å². The fraction of sp³-hybridized carbons (Fsp3) is 0.316. The molecule has 2 aromatic rings. The number of hydrogen-bond donors (Lipinski definition) is 2. The second-order valence-corrected chi connectivity index (χ2v) is 6.11. The van der Waals surface area contributed by atoms with Gasteiger partial charge in [0.2, 0.25) is 0 Å². The summed E-state index contributed by atoms with van der Waals surface area (Å²) in [5.41, 5.74) is 3.11. The molecule has 0 aliphatic carbocycles. The molecule has 26 heavy (non-hydrogen) atoms. The fourth-order valence-corrected chi connectivity index (χ4v) is 2.71. The molecule has 0 aliphatic heterocycles. The first-order valence-electron chi connectivity index (χ1n) is 8.39. The second-order valence-electron chi connectivity index (χ2n) is 5.70. The summed E-state index contributed by atoms with van der Waals surface area (Å²) < 4.78 is 28.6. The summed E-state index contributed by atoms with van der Waals surface area (Å²) in [6.45, 7) is 3.75. The lowest BCUT2D eigenvalue weighted by Crippen LogP contribution is -2.36. The molecule has 7 heteroatoms. The molecule has 0 aromatic heterocycles. The van der Waals surface area contributed by atoms with E-state index >= 15 is 0 Å². The average Bonchev–Trinajstić information content (AvgIpc) is 2.60. The van der Waals surface area contributed by atoms with Crippen LogP contribution in [0.5, 0.6) is 5.75 Å². The molecule has 0 saturated heterocycles. The van der Waals surface area contributed by atoms with Crippen LogP contribution in [0.4, 0.5) is 20.2 Å². The maximum absolute atomic E-state index is 12.1. The minimum Gasteiger partial charge on any atom is -0.435 e. The molecule has 2 rings (SSSR count). The number of aryl methyl sites for hydroxylation is 1. The third-order valence-electron chi connectivity index (χ3n) is 3.75. The minimum atomic E-state index is -2.83. The van der Waals surface area contributed by atoms with Gasteiger partial charge in [-0.1, -0.05) is 12.1 Å². The van der Waals surface area contributed by atoms with Crippen LogP contribution in [0.15, 0.2) is 48.5 Å². The SMILES string of the molecule is CCN(CCNC(=S)Nc1ccc(OC(F)F)cc1)c1cccc(C)c1. The van der Waals surface area contributed by atoms with Gasteiger partial charge in [-0.2, -0.15) is 8.78 Å². The maximum atomic E-state index is 12.1. The van der Waals surface area contributed by atoms with E-state index in [-0.39, 0.29) is 5.75 Å². The summed E-state index contributed by atoms with van der Waals surface area (Å²) in [6, 6.07) is 14.6. The molecular formula is C19H23F2N3OS. The van der Waals surface area contributed by atoms with Crippen molar-refractivity contribution < 1.29 is 13.5 Å². The molecule has 0 saturated carbocycles. The normalized spacial score (nSPS) is 10.5. The lowest BCUT2D eigenvalue weighted by Gasteiger charge is -2.24. The van der Waals surface area contributed by atoms with Crippen molar-refractivity contribution >= 4 is 28.7 Å². The van der Waals surface area contributed by atoms with Crippen molar-refractivity contribution in [3.8, 4) is 5.75 Å². The zero-order valence-electron chi connectivity index (χ0n) is 14.8. The predicted octanol–water partition coefficient (Wildman–Crippen LogP) is 4.41. The van der Waals surface area contributed by atoms with E-state index in [1.165, 1.54) is 23.4 Å². The molecule has 0 bridgehead atoms. The van der Waals surface area contributed by atoms with Crippen molar-refractivity contribution in [2.45, 2.75) is 20.5 Å². The highest BCUT2D eigenvalue weighted by Gasteiger charge is 2.06. The summed E-state index contributed by atoms with van der Waals surface area (Å²) in [6.07, 6.45) is 0. The van der Waals surface area contributed by atoms with E-state index < -0.39 is 6.61 Å². The van der Waals surface area contributed by atoms with Crippen LogP contribution >= 0.6 is 12.2 Å². The topological polar surface area (TPSA) is 36.5 Å². The summed E-state index contributed by atoms with van der Waals surface area (Å²) >= 11 is 5.27. The van der Waals surface area contributed by atoms with Gasteiger partial charge < -0.3 is 20.3 Å². The number of rotatable bonds is 8. The van der Waals surface area contributed by atoms with E-state index in [1.54, 1.807) is 12.1 Å². The number of thiocarbonyl (C=S) groups is 1. The van der Waals surface area contributed by atoms with Crippen molar-refractivity contribution in [2.75, 3.05) is 29.9 Å². The number of likely N-dealkylation sites (N-methyl/N-ethyl adjacent to an activating group) is 1. The van der Waals surface area contributed by atoms with Crippen molar-refractivity contribution in [3.63, 3.8) is 0 Å². The third kappa shape index (κ3) is 6.48. The van der Waals surface area contributed by atoms with Crippen LogP contribution in [0.25, 0.3) is 0 Å². The summed E-state index contributed by atoms with van der Waals surface area (Å²) in [5, 5.41) is 6.66. The molecular weight excluding hydrogens is 356 g/mol. The van der Waals surface area contributed by atoms with Gasteiger partial charge in [-0.05, 0) is 68.0 Å². The van der Waals surface area contributed by atoms with Gasteiger partial charge in [0.15, 0.2) is 5.11 Å². The number of hydrogen-bond acceptors (Lipinski definition) is 3. The van der Waals surface area contributed by atoms with Crippen LogP contribution in [0.2, 0.25) is 0 Å². The van der Waals surface area contributed by atoms with Gasteiger partial charge in [-0.25, -0.2) is 0 Å². The van der Waals surface area contributed by atoms with Crippen LogP contribution in [-0.2, 0) is 0 Å². The van der Waals surface area contributed by atoms with Gasteiger partial charge in [0.1, 0.15) is 5.75 Å². The van der Waals surface area contributed by atoms with Crippen LogP contribution in [0.3, 0.4) is 0 Å². The highest BCUT2D eigenvalue weighted by molar-refractivity contribution is 7.80. The van der Waals surface area contributed by atoms with Crippen molar-refractivity contribution in [1.29, 1.82) is 0 Å². The highest BCUT2D eigenvalue weighted by atomic mass is 32.1. The van der Waals surface area contributed by atoms with Gasteiger partial charge in [0.25, 0.3) is 0 Å². The smallest absolute Gasteiger partial charge is 0.387 e. The Morgan fingerprint density at radius 3 is 2.54 bits per heavy atom. The van der Waals surface area contributed by atoms with Crippen molar-refractivity contribution in [2.24, 2.45) is 0 Å². The zero-order valence-corrected chi connectivity index (χ0v) is 15.7. The number of halogens is 2. The molecule has 0 atom stereocenters. The van der Waals surface area contributed by atoms with E-state index in [1.807, 2.05) is 6.07 Å². The van der Waals surface area contributed by atoms with E-state index in [0.717, 1.165) is 13.1 Å². The molecule has 2 aromatic carbocycles. The highest BCUT2D eigenvalue weighted by Crippen LogP contribution is 2.18. The van der Waals surface area contributed by atoms with E-state index in [0.29, 0.717) is 17.3 Å². The van der Waals surface area contributed by atoms with Crippen molar-refractivity contribution in [1.82, 2.24) is 5.32 Å². The number of nitrogens with zero attached hydrogens (tertiary/aromatic N) is 1. The fourth-order valence-electron chi connectivity index (χ4n) is 2.49. The van der Waals surface area contributed by atoms with Crippen LogP contribution in [0.1, 0.15) is 12.5 Å². The molecule has 0 fully saturated rings. The molecule has 0 spiro atoms. The van der Waals surface area contributed by atoms with Crippen molar-refractivity contribution in [3.05, 3.63) is 54.1 Å². The Morgan fingerprint density at radius 1 is 1.19 bits per heavy atom. The average molecular weight is 379 g/mol. The quantitative estimate of drug-likeness (QED) is 0.665. The zero-order chi connectivity index (χ0) is 18.9. The Labute approximate surface area is 158 Å². The summed E-state index contributed by atoms with van der Waals surface area (Å²) in [5.74, 6) is 0.112. The predicted molar refractivity (Wildman–Crippen MR) is 106 cm³/mol. The molecule has 4 nitrogen and oxygen atoms in total. The third-order valence-corrected chi connectivity index (χ3v) is 4.00. The first-order chi connectivity index (χ1) is 12.5. The van der Waals surface area contributed by atoms with Gasteiger partial charge in [-0.15, -0.1) is 0 Å². The second kappa shape index (κ2) is 9.91. The molecule has 2 N–H and O–H groups in total. The molecule has 0 aliphatic rings. The van der Waals surface area contributed by atoms with Crippen LogP contribution < -0.4 is 20.3 Å². The number of nitrogens with one attached hydrogen (secondary N) is 2. The number of ether oxygens (including phenoxy) is 1. The molecule has 140 valence electrons. The molecule has 0 unspecified atom stereocenters. The lowest BCUT2D eigenvalue weighted by molar-refractivity contribution is -0.0498. The minimum absolute atomic E-state index is 0.112. The Bertz CT molecular complexity index is 710. The summed E-state index contributed by atoms with van der Waals surface area (Å²) in [4.78, 5) is 2.26. The molecule has 0 amide bonds. The first kappa shape index (κ1) is 19.9. The maximum Gasteiger partial charge on any atom is 0.387 e. The first-order valence-corrected chi connectivity index (χ1v) is 8.80. The van der Waals surface area contributed by atoms with Crippen LogP contribution in [0, 0.1) is 6.92 Å². The Hall–Kier alpha value is -2.41. The molecule has 0 radical (unpaired) electrons. The molecule has 0 heterocycles. The monoisotopic (exact) mass is 379 g/mol. The van der Waals surface area contributed by atoms with Gasteiger partial charge in [-0.3, -0.25) is 0 Å². The summed E-state index contributed by atoms with van der Waals surface area (Å²) in [7, 11) is 0. The lowest BCUT2D eigenvalue weighted by atomic mass is 10.2. The van der Waals surface area contributed by atoms with E-state index in [4.69, 9.17) is 12.2 Å². The van der Waals surface area contributed by atoms with Crippen LogP contribution in [-0.4, -0.2) is 31.4 Å². The number of anilines is 2. The number of alkyl halides is 2. The Kier molecular flexibility index (Phi) is 7.59. The van der Waals surface area contributed by atoms with Gasteiger partial charge in [0.05, 0.1) is 0 Å². The standard InChI is InChI=1S/C19H23F2N3OS/c1-3-24(16-6-4-5-14(2)13-16)12-11-22-19(26)23-15-7-9-17(10-8-15)25-18(20)21/h4-10,13,18H,3,11-12H2,1-2H3,(H2,22,23,26).